The summed E-state index contributed by atoms with van der Waals surface area (Å²) in [6.45, 7) is -0.363. The number of hydrogen-bond acceptors (Lipinski definition) is 6. The molecule has 3 N–H and O–H groups in total. The van der Waals surface area contributed by atoms with E-state index in [1.807, 2.05) is 30.3 Å². The molecule has 7 nitrogen and oxygen atoms in total. The predicted octanol–water partition coefficient (Wildman–Crippen LogP) is -0.297. The fourth-order valence-electron chi connectivity index (χ4n) is 1.72. The molecular formula is C13H17N3O4. The Morgan fingerprint density at radius 3 is 2.60 bits per heavy atom. The average molecular weight is 279 g/mol. The SMILES string of the molecule is OCc1nnn(CC(O)CO)c1COc1ccccc1. The molecule has 0 amide bonds. The minimum absolute atomic E-state index is 0.0942. The molecule has 0 radical (unpaired) electrons. The molecule has 0 fully saturated rings. The van der Waals surface area contributed by atoms with Crippen LogP contribution in [0.25, 0.3) is 0 Å². The lowest BCUT2D eigenvalue weighted by molar-refractivity contribution is 0.0760. The fourth-order valence-corrected chi connectivity index (χ4v) is 1.72. The van der Waals surface area contributed by atoms with Gasteiger partial charge in [-0.15, -0.1) is 5.10 Å². The molecule has 0 saturated carbocycles. The number of nitrogens with zero attached hydrogens (tertiary/aromatic N) is 3. The van der Waals surface area contributed by atoms with Gasteiger partial charge in [-0.05, 0) is 12.1 Å². The Bertz CT molecular complexity index is 530. The van der Waals surface area contributed by atoms with E-state index in [2.05, 4.69) is 10.3 Å². The number of aliphatic hydroxyl groups is 3. The summed E-state index contributed by atoms with van der Waals surface area (Å²) in [4.78, 5) is 0. The molecule has 0 bridgehead atoms. The van der Waals surface area contributed by atoms with Crippen LogP contribution in [0.2, 0.25) is 0 Å². The summed E-state index contributed by atoms with van der Waals surface area (Å²) < 4.78 is 7.02. The third-order valence-electron chi connectivity index (χ3n) is 2.78. The van der Waals surface area contributed by atoms with Crippen molar-refractivity contribution in [1.29, 1.82) is 0 Å². The first-order valence-electron chi connectivity index (χ1n) is 6.23. The Morgan fingerprint density at radius 2 is 1.95 bits per heavy atom. The van der Waals surface area contributed by atoms with Crippen molar-refractivity contribution >= 4 is 0 Å². The Balaban J connectivity index is 2.10. The van der Waals surface area contributed by atoms with Gasteiger partial charge in [-0.1, -0.05) is 23.4 Å². The molecule has 1 aromatic carbocycles. The van der Waals surface area contributed by atoms with Gasteiger partial charge in [0.05, 0.1) is 25.9 Å². The molecule has 0 aliphatic heterocycles. The van der Waals surface area contributed by atoms with Gasteiger partial charge in [0.15, 0.2) is 0 Å². The number of aromatic nitrogens is 3. The summed E-state index contributed by atoms with van der Waals surface area (Å²) in [6, 6.07) is 9.22. The largest absolute Gasteiger partial charge is 0.487 e. The normalized spacial score (nSPS) is 12.3. The van der Waals surface area contributed by atoms with Crippen molar-refractivity contribution in [2.24, 2.45) is 0 Å². The Labute approximate surface area is 116 Å². The first-order chi connectivity index (χ1) is 9.74. The standard InChI is InChI=1S/C13H17N3O4/c17-7-10(19)6-16-13(12(8-18)14-15-16)9-20-11-4-2-1-3-5-11/h1-5,10,17-19H,6-9H2. The second kappa shape index (κ2) is 6.99. The molecule has 0 spiro atoms. The highest BCUT2D eigenvalue weighted by atomic mass is 16.5. The molecule has 108 valence electrons. The van der Waals surface area contributed by atoms with Crippen LogP contribution >= 0.6 is 0 Å². The highest BCUT2D eigenvalue weighted by Crippen LogP contribution is 2.13. The number of ether oxygens (including phenoxy) is 1. The van der Waals surface area contributed by atoms with Crippen molar-refractivity contribution in [3.8, 4) is 5.75 Å². The van der Waals surface area contributed by atoms with Crippen molar-refractivity contribution in [1.82, 2.24) is 15.0 Å². The van der Waals surface area contributed by atoms with E-state index in [0.29, 0.717) is 17.1 Å². The number of para-hydroxylation sites is 1. The third kappa shape index (κ3) is 3.53. The van der Waals surface area contributed by atoms with Gasteiger partial charge in [-0.25, -0.2) is 4.68 Å². The monoisotopic (exact) mass is 279 g/mol. The van der Waals surface area contributed by atoms with E-state index in [9.17, 15) is 10.2 Å². The molecule has 20 heavy (non-hydrogen) atoms. The van der Waals surface area contributed by atoms with Crippen LogP contribution in [0.1, 0.15) is 11.4 Å². The second-order valence-electron chi connectivity index (χ2n) is 4.26. The molecule has 7 heteroatoms. The summed E-state index contributed by atoms with van der Waals surface area (Å²) in [5.74, 6) is 0.687. The van der Waals surface area contributed by atoms with Crippen molar-refractivity contribution in [2.75, 3.05) is 6.61 Å². The van der Waals surface area contributed by atoms with Gasteiger partial charge in [0, 0.05) is 0 Å². The zero-order valence-electron chi connectivity index (χ0n) is 10.9. The molecule has 0 aliphatic carbocycles. The Morgan fingerprint density at radius 1 is 1.20 bits per heavy atom. The Kier molecular flexibility index (Phi) is 5.05. The van der Waals surface area contributed by atoms with Crippen LogP contribution in [0.5, 0.6) is 5.75 Å². The molecule has 0 aliphatic rings. The van der Waals surface area contributed by atoms with Crippen LogP contribution < -0.4 is 4.74 Å². The van der Waals surface area contributed by atoms with Crippen LogP contribution in [0.15, 0.2) is 30.3 Å². The van der Waals surface area contributed by atoms with E-state index in [1.54, 1.807) is 0 Å². The minimum Gasteiger partial charge on any atom is -0.487 e. The molecule has 0 saturated heterocycles. The summed E-state index contributed by atoms with van der Waals surface area (Å²) in [5, 5.41) is 35.2. The summed E-state index contributed by atoms with van der Waals surface area (Å²) >= 11 is 0. The quantitative estimate of drug-likeness (QED) is 0.643. The van der Waals surface area contributed by atoms with Crippen LogP contribution in [-0.4, -0.2) is 43.0 Å². The number of benzene rings is 1. The highest BCUT2D eigenvalue weighted by Gasteiger charge is 2.15. The second-order valence-corrected chi connectivity index (χ2v) is 4.26. The van der Waals surface area contributed by atoms with Gasteiger partial charge in [-0.3, -0.25) is 0 Å². The minimum atomic E-state index is -0.932. The van der Waals surface area contributed by atoms with E-state index in [0.717, 1.165) is 0 Å². The first-order valence-corrected chi connectivity index (χ1v) is 6.23. The predicted molar refractivity (Wildman–Crippen MR) is 69.8 cm³/mol. The smallest absolute Gasteiger partial charge is 0.132 e. The maximum Gasteiger partial charge on any atom is 0.132 e. The lowest BCUT2D eigenvalue weighted by atomic mass is 10.3. The molecule has 1 aromatic heterocycles. The zero-order chi connectivity index (χ0) is 14.4. The molecule has 2 aromatic rings. The van der Waals surface area contributed by atoms with E-state index < -0.39 is 6.10 Å². The van der Waals surface area contributed by atoms with E-state index in [1.165, 1.54) is 4.68 Å². The highest BCUT2D eigenvalue weighted by molar-refractivity contribution is 5.21. The van der Waals surface area contributed by atoms with Gasteiger partial charge < -0.3 is 20.1 Å². The number of hydrogen-bond donors (Lipinski definition) is 3. The zero-order valence-corrected chi connectivity index (χ0v) is 10.9. The van der Waals surface area contributed by atoms with Gasteiger partial charge >= 0.3 is 0 Å². The maximum atomic E-state index is 9.46. The number of aliphatic hydroxyl groups excluding tert-OH is 3. The van der Waals surface area contributed by atoms with Crippen molar-refractivity contribution < 1.29 is 20.1 Å². The fraction of sp³-hybridized carbons (Fsp3) is 0.385. The van der Waals surface area contributed by atoms with Gasteiger partial charge in [0.1, 0.15) is 23.7 Å². The lowest BCUT2D eigenvalue weighted by Gasteiger charge is -2.11. The molecular weight excluding hydrogens is 262 g/mol. The average Bonchev–Trinajstić information content (AvgIpc) is 2.88. The van der Waals surface area contributed by atoms with Crippen LogP contribution in [0.4, 0.5) is 0 Å². The summed E-state index contributed by atoms with van der Waals surface area (Å²) in [6.07, 6.45) is -0.932. The number of rotatable bonds is 7. The van der Waals surface area contributed by atoms with Gasteiger partial charge in [-0.2, -0.15) is 0 Å². The maximum absolute atomic E-state index is 9.46. The van der Waals surface area contributed by atoms with Crippen molar-refractivity contribution in [3.05, 3.63) is 41.7 Å². The molecule has 1 atom stereocenters. The van der Waals surface area contributed by atoms with Gasteiger partial charge in [0.25, 0.3) is 0 Å². The van der Waals surface area contributed by atoms with Gasteiger partial charge in [0.2, 0.25) is 0 Å². The Hall–Kier alpha value is -1.96. The summed E-state index contributed by atoms with van der Waals surface area (Å²) in [5.41, 5.74) is 0.968. The van der Waals surface area contributed by atoms with E-state index >= 15 is 0 Å². The van der Waals surface area contributed by atoms with Crippen LogP contribution in [0, 0.1) is 0 Å². The van der Waals surface area contributed by atoms with E-state index in [-0.39, 0.29) is 26.4 Å². The first kappa shape index (κ1) is 14.4. The summed E-state index contributed by atoms with van der Waals surface area (Å²) in [7, 11) is 0. The van der Waals surface area contributed by atoms with Crippen LogP contribution in [0.3, 0.4) is 0 Å². The van der Waals surface area contributed by atoms with Crippen LogP contribution in [-0.2, 0) is 19.8 Å². The molecule has 1 unspecified atom stereocenters. The lowest BCUT2D eigenvalue weighted by Crippen LogP contribution is -2.22. The third-order valence-corrected chi connectivity index (χ3v) is 2.78. The van der Waals surface area contributed by atoms with E-state index in [4.69, 9.17) is 9.84 Å². The van der Waals surface area contributed by atoms with Crippen molar-refractivity contribution in [2.45, 2.75) is 25.9 Å². The topological polar surface area (TPSA) is 101 Å². The molecule has 1 heterocycles. The molecule has 2 rings (SSSR count). The van der Waals surface area contributed by atoms with Crippen molar-refractivity contribution in [3.63, 3.8) is 0 Å².